The number of carbonyl (C=O) groups is 1. The van der Waals surface area contributed by atoms with Crippen LogP contribution >= 0.6 is 11.3 Å². The van der Waals surface area contributed by atoms with Gasteiger partial charge in [0.15, 0.2) is 0 Å². The molecule has 0 unspecified atom stereocenters. The number of aryl methyl sites for hydroxylation is 1. The monoisotopic (exact) mass is 347 g/mol. The van der Waals surface area contributed by atoms with Crippen LogP contribution in [0.3, 0.4) is 0 Å². The van der Waals surface area contributed by atoms with Gasteiger partial charge < -0.3 is 4.57 Å². The van der Waals surface area contributed by atoms with E-state index in [0.29, 0.717) is 17.4 Å². The van der Waals surface area contributed by atoms with Gasteiger partial charge in [0, 0.05) is 0 Å². The highest BCUT2D eigenvalue weighted by atomic mass is 32.1. The third-order valence-electron chi connectivity index (χ3n) is 4.09. The molecule has 2 aromatic carbocycles. The van der Waals surface area contributed by atoms with Gasteiger partial charge in [-0.1, -0.05) is 48.0 Å². The van der Waals surface area contributed by atoms with Crippen molar-refractivity contribution in [3.8, 4) is 0 Å². The van der Waals surface area contributed by atoms with Crippen molar-refractivity contribution in [3.63, 3.8) is 0 Å². The molecule has 124 valence electrons. The van der Waals surface area contributed by atoms with Crippen molar-refractivity contribution >= 4 is 34.2 Å². The molecule has 4 rings (SSSR count). The van der Waals surface area contributed by atoms with E-state index >= 15 is 0 Å². The third kappa shape index (κ3) is 3.19. The Labute approximate surface area is 149 Å². The number of fused-ring (bicyclic) bond motifs is 1. The van der Waals surface area contributed by atoms with Crippen LogP contribution in [0.2, 0.25) is 0 Å². The van der Waals surface area contributed by atoms with E-state index in [1.807, 2.05) is 46.3 Å². The van der Waals surface area contributed by atoms with Crippen LogP contribution in [0.25, 0.3) is 11.0 Å². The van der Waals surface area contributed by atoms with Crippen LogP contribution in [-0.2, 0) is 6.54 Å². The number of hydrogen-bond donors (Lipinski definition) is 1. The minimum Gasteiger partial charge on any atom is -0.305 e. The van der Waals surface area contributed by atoms with Gasteiger partial charge in [0.2, 0.25) is 5.95 Å². The van der Waals surface area contributed by atoms with Crippen LogP contribution in [0.15, 0.2) is 66.0 Å². The fraction of sp³-hybridized carbons (Fsp3) is 0.100. The lowest BCUT2D eigenvalue weighted by Crippen LogP contribution is -2.15. The van der Waals surface area contributed by atoms with Gasteiger partial charge in [-0.3, -0.25) is 10.1 Å². The zero-order chi connectivity index (χ0) is 17.2. The molecule has 0 atom stereocenters. The van der Waals surface area contributed by atoms with Gasteiger partial charge in [0.1, 0.15) is 0 Å². The second kappa shape index (κ2) is 6.53. The minimum absolute atomic E-state index is 0.129. The second-order valence-corrected chi connectivity index (χ2v) is 6.87. The molecule has 1 N–H and O–H groups in total. The number of rotatable bonds is 4. The number of carbonyl (C=O) groups excluding carboxylic acids is 1. The van der Waals surface area contributed by atoms with E-state index < -0.39 is 0 Å². The number of hydrogen-bond acceptors (Lipinski definition) is 3. The highest BCUT2D eigenvalue weighted by Crippen LogP contribution is 2.22. The highest BCUT2D eigenvalue weighted by Gasteiger charge is 2.15. The van der Waals surface area contributed by atoms with Crippen LogP contribution in [-0.4, -0.2) is 15.5 Å². The Morgan fingerprint density at radius 3 is 2.64 bits per heavy atom. The molecule has 0 aliphatic heterocycles. The molecule has 5 heteroatoms. The molecular weight excluding hydrogens is 330 g/mol. The van der Waals surface area contributed by atoms with E-state index in [1.54, 1.807) is 0 Å². The van der Waals surface area contributed by atoms with Gasteiger partial charge in [0.25, 0.3) is 5.91 Å². The predicted molar refractivity (Wildman–Crippen MR) is 102 cm³/mol. The Bertz CT molecular complexity index is 1020. The van der Waals surface area contributed by atoms with Crippen molar-refractivity contribution < 1.29 is 4.79 Å². The maximum Gasteiger partial charge on any atom is 0.268 e. The first-order chi connectivity index (χ1) is 12.2. The number of aromatic nitrogens is 2. The quantitative estimate of drug-likeness (QED) is 0.581. The topological polar surface area (TPSA) is 46.9 Å². The van der Waals surface area contributed by atoms with Crippen molar-refractivity contribution in [2.45, 2.75) is 13.5 Å². The first kappa shape index (κ1) is 15.6. The van der Waals surface area contributed by atoms with Gasteiger partial charge in [-0.15, -0.1) is 11.3 Å². The molecular formula is C20H17N3OS. The molecule has 0 fully saturated rings. The predicted octanol–water partition coefficient (Wildman–Crippen LogP) is 4.71. The van der Waals surface area contributed by atoms with Crippen molar-refractivity contribution in [3.05, 3.63) is 82.0 Å². The number of anilines is 1. The minimum atomic E-state index is -0.129. The second-order valence-electron chi connectivity index (χ2n) is 5.93. The molecule has 0 aliphatic carbocycles. The van der Waals surface area contributed by atoms with Crippen molar-refractivity contribution in [1.82, 2.24) is 9.55 Å². The number of nitrogens with one attached hydrogen (secondary N) is 1. The van der Waals surface area contributed by atoms with Crippen LogP contribution in [0, 0.1) is 6.92 Å². The van der Waals surface area contributed by atoms with Gasteiger partial charge in [-0.25, -0.2) is 4.98 Å². The number of para-hydroxylation sites is 2. The summed E-state index contributed by atoms with van der Waals surface area (Å²) in [5, 5.41) is 4.85. The fourth-order valence-electron chi connectivity index (χ4n) is 2.78. The molecule has 1 amide bonds. The van der Waals surface area contributed by atoms with E-state index in [0.717, 1.165) is 11.0 Å². The summed E-state index contributed by atoms with van der Waals surface area (Å²) < 4.78 is 2.05. The molecule has 0 saturated carbocycles. The van der Waals surface area contributed by atoms with Gasteiger partial charge in [-0.05, 0) is 36.1 Å². The smallest absolute Gasteiger partial charge is 0.268 e. The molecule has 0 radical (unpaired) electrons. The van der Waals surface area contributed by atoms with Gasteiger partial charge in [-0.2, -0.15) is 0 Å². The summed E-state index contributed by atoms with van der Waals surface area (Å²) in [4.78, 5) is 17.7. The third-order valence-corrected chi connectivity index (χ3v) is 4.95. The summed E-state index contributed by atoms with van der Waals surface area (Å²) >= 11 is 1.42. The van der Waals surface area contributed by atoms with E-state index in [2.05, 4.69) is 41.5 Å². The molecule has 0 saturated heterocycles. The molecule has 2 heterocycles. The lowest BCUT2D eigenvalue weighted by Gasteiger charge is -2.10. The zero-order valence-corrected chi connectivity index (χ0v) is 14.6. The van der Waals surface area contributed by atoms with Crippen molar-refractivity contribution in [1.29, 1.82) is 0 Å². The van der Waals surface area contributed by atoms with Crippen LogP contribution in [0.4, 0.5) is 5.95 Å². The summed E-state index contributed by atoms with van der Waals surface area (Å²) in [5.74, 6) is 0.440. The molecule has 0 spiro atoms. The summed E-state index contributed by atoms with van der Waals surface area (Å²) in [5.41, 5.74) is 4.27. The molecule has 4 aromatic rings. The van der Waals surface area contributed by atoms with Crippen molar-refractivity contribution in [2.24, 2.45) is 0 Å². The standard InChI is InChI=1S/C20H17N3OS/c1-14-8-10-15(11-9-14)13-23-17-6-3-2-5-16(17)21-20(23)22-19(24)18-7-4-12-25-18/h2-12H,13H2,1H3,(H,21,22,24). The Morgan fingerprint density at radius 1 is 1.08 bits per heavy atom. The number of amides is 1. The van der Waals surface area contributed by atoms with Crippen molar-refractivity contribution in [2.75, 3.05) is 5.32 Å². The molecule has 4 nitrogen and oxygen atoms in total. The number of imidazole rings is 1. The number of benzene rings is 2. The Kier molecular flexibility index (Phi) is 4.07. The Hall–Kier alpha value is -2.92. The maximum atomic E-state index is 12.4. The summed E-state index contributed by atoms with van der Waals surface area (Å²) in [7, 11) is 0. The van der Waals surface area contributed by atoms with E-state index in [1.165, 1.54) is 22.5 Å². The summed E-state index contributed by atoms with van der Waals surface area (Å²) in [6.45, 7) is 2.73. The number of nitrogens with zero attached hydrogens (tertiary/aromatic N) is 2. The van der Waals surface area contributed by atoms with Crippen LogP contribution in [0.5, 0.6) is 0 Å². The largest absolute Gasteiger partial charge is 0.305 e. The SMILES string of the molecule is Cc1ccc(Cn2c(NC(=O)c3cccs3)nc3ccccc32)cc1. The first-order valence-electron chi connectivity index (χ1n) is 8.06. The highest BCUT2D eigenvalue weighted by molar-refractivity contribution is 7.12. The molecule has 25 heavy (non-hydrogen) atoms. The first-order valence-corrected chi connectivity index (χ1v) is 8.94. The lowest BCUT2D eigenvalue weighted by molar-refractivity contribution is 0.102. The average molecular weight is 347 g/mol. The summed E-state index contributed by atoms with van der Waals surface area (Å²) in [6.07, 6.45) is 0. The van der Waals surface area contributed by atoms with E-state index in [4.69, 9.17) is 0 Å². The lowest BCUT2D eigenvalue weighted by atomic mass is 10.1. The van der Waals surface area contributed by atoms with Crippen LogP contribution in [0.1, 0.15) is 20.8 Å². The zero-order valence-electron chi connectivity index (χ0n) is 13.8. The van der Waals surface area contributed by atoms with E-state index in [9.17, 15) is 4.79 Å². The van der Waals surface area contributed by atoms with Gasteiger partial charge in [0.05, 0.1) is 22.5 Å². The Balaban J connectivity index is 1.72. The average Bonchev–Trinajstić information content (AvgIpc) is 3.26. The Morgan fingerprint density at radius 2 is 1.88 bits per heavy atom. The molecule has 0 bridgehead atoms. The molecule has 2 aromatic heterocycles. The fourth-order valence-corrected chi connectivity index (χ4v) is 3.40. The number of thiophene rings is 1. The molecule has 0 aliphatic rings. The van der Waals surface area contributed by atoms with Gasteiger partial charge >= 0.3 is 0 Å². The van der Waals surface area contributed by atoms with E-state index in [-0.39, 0.29) is 5.91 Å². The summed E-state index contributed by atoms with van der Waals surface area (Å²) in [6, 6.07) is 20.0. The normalized spacial score (nSPS) is 10.9. The maximum absolute atomic E-state index is 12.4. The van der Waals surface area contributed by atoms with Crippen LogP contribution < -0.4 is 5.32 Å².